The Morgan fingerprint density at radius 3 is 2.11 bits per heavy atom. The molecule has 1 atom stereocenters. The molecule has 19 heavy (non-hydrogen) atoms. The van der Waals surface area contributed by atoms with Crippen molar-refractivity contribution in [1.29, 1.82) is 0 Å². The molecule has 0 aromatic rings. The molecular formula is C16H31NO2. The van der Waals surface area contributed by atoms with E-state index in [0.29, 0.717) is 5.57 Å². The molecule has 0 aromatic carbocycles. The summed E-state index contributed by atoms with van der Waals surface area (Å²) in [5, 5.41) is 8.92. The Hall–Kier alpha value is -0.830. The molecule has 0 bridgehead atoms. The molecule has 0 aromatic heterocycles. The fraction of sp³-hybridized carbons (Fsp3) is 0.812. The van der Waals surface area contributed by atoms with Crippen LogP contribution in [0.5, 0.6) is 0 Å². The van der Waals surface area contributed by atoms with Crippen molar-refractivity contribution >= 4 is 5.97 Å². The first kappa shape index (κ1) is 18.2. The van der Waals surface area contributed by atoms with Crippen LogP contribution in [0, 0.1) is 0 Å². The van der Waals surface area contributed by atoms with Gasteiger partial charge in [-0.25, -0.2) is 4.79 Å². The average molecular weight is 269 g/mol. The number of rotatable bonds is 11. The van der Waals surface area contributed by atoms with Crippen molar-refractivity contribution in [1.82, 2.24) is 4.90 Å². The van der Waals surface area contributed by atoms with Crippen molar-refractivity contribution in [2.24, 2.45) is 0 Å². The lowest BCUT2D eigenvalue weighted by Gasteiger charge is -2.21. The highest BCUT2D eigenvalue weighted by Gasteiger charge is 2.10. The molecule has 0 heterocycles. The first-order chi connectivity index (χ1) is 8.99. The van der Waals surface area contributed by atoms with Crippen LogP contribution in [0.4, 0.5) is 0 Å². The van der Waals surface area contributed by atoms with E-state index in [9.17, 15) is 4.79 Å². The summed E-state index contributed by atoms with van der Waals surface area (Å²) in [5.74, 6) is -0.814. The zero-order valence-electron chi connectivity index (χ0n) is 13.1. The molecule has 0 amide bonds. The molecule has 3 nitrogen and oxygen atoms in total. The molecule has 112 valence electrons. The van der Waals surface area contributed by atoms with Gasteiger partial charge in [0.25, 0.3) is 0 Å². The number of carbonyl (C=O) groups is 1. The van der Waals surface area contributed by atoms with Crippen LogP contribution < -0.4 is 0 Å². The minimum absolute atomic E-state index is 0.242. The van der Waals surface area contributed by atoms with E-state index in [0.717, 1.165) is 6.42 Å². The second kappa shape index (κ2) is 11.0. The molecular weight excluding hydrogens is 238 g/mol. The molecule has 3 heteroatoms. The molecule has 0 fully saturated rings. The summed E-state index contributed by atoms with van der Waals surface area (Å²) >= 11 is 0. The normalized spacial score (nSPS) is 13.8. The van der Waals surface area contributed by atoms with Gasteiger partial charge in [-0.15, -0.1) is 0 Å². The summed E-state index contributed by atoms with van der Waals surface area (Å²) in [6, 6.07) is 0.242. The van der Waals surface area contributed by atoms with Crippen molar-refractivity contribution in [2.45, 2.75) is 71.3 Å². The van der Waals surface area contributed by atoms with Crippen molar-refractivity contribution < 1.29 is 9.90 Å². The van der Waals surface area contributed by atoms with Crippen LogP contribution in [0.15, 0.2) is 11.6 Å². The molecule has 0 saturated carbocycles. The molecule has 0 spiro atoms. The minimum atomic E-state index is -0.814. The second-order valence-corrected chi connectivity index (χ2v) is 5.60. The summed E-state index contributed by atoms with van der Waals surface area (Å²) < 4.78 is 0. The molecule has 1 N–H and O–H groups in total. The Morgan fingerprint density at radius 2 is 1.63 bits per heavy atom. The maximum absolute atomic E-state index is 10.8. The first-order valence-electron chi connectivity index (χ1n) is 7.57. The first-order valence-corrected chi connectivity index (χ1v) is 7.57. The Bertz CT molecular complexity index is 272. The molecule has 0 radical (unpaired) electrons. The van der Waals surface area contributed by atoms with Gasteiger partial charge in [0.15, 0.2) is 0 Å². The van der Waals surface area contributed by atoms with Crippen LogP contribution in [0.1, 0.15) is 65.2 Å². The third-order valence-electron chi connectivity index (χ3n) is 3.55. The van der Waals surface area contributed by atoms with E-state index in [1.54, 1.807) is 6.92 Å². The summed E-state index contributed by atoms with van der Waals surface area (Å²) in [6.45, 7) is 3.91. The number of unbranched alkanes of at least 4 members (excludes halogenated alkanes) is 6. The van der Waals surface area contributed by atoms with Gasteiger partial charge in [-0.1, -0.05) is 57.9 Å². The highest BCUT2D eigenvalue weighted by atomic mass is 16.4. The number of aliphatic carboxylic acids is 1. The Balaban J connectivity index is 3.90. The Kier molecular flexibility index (Phi) is 10.6. The van der Waals surface area contributed by atoms with E-state index in [-0.39, 0.29) is 6.04 Å². The lowest BCUT2D eigenvalue weighted by molar-refractivity contribution is -0.132. The number of likely N-dealkylation sites (N-methyl/N-ethyl adjacent to an activating group) is 1. The highest BCUT2D eigenvalue weighted by Crippen LogP contribution is 2.13. The van der Waals surface area contributed by atoms with Gasteiger partial charge in [-0.05, 0) is 27.4 Å². The van der Waals surface area contributed by atoms with E-state index >= 15 is 0 Å². The molecule has 0 aliphatic heterocycles. The van der Waals surface area contributed by atoms with Crippen LogP contribution in [-0.2, 0) is 4.79 Å². The standard InChI is InChI=1S/C16H31NO2/c1-5-6-7-8-9-10-11-12-15(17(3)4)13-14(2)16(18)19/h13,15H,5-12H2,1-4H3,(H,18,19). The lowest BCUT2D eigenvalue weighted by atomic mass is 10.0. The number of hydrogen-bond acceptors (Lipinski definition) is 2. The average Bonchev–Trinajstić information content (AvgIpc) is 2.35. The maximum Gasteiger partial charge on any atom is 0.331 e. The van der Waals surface area contributed by atoms with Gasteiger partial charge in [-0.3, -0.25) is 0 Å². The smallest absolute Gasteiger partial charge is 0.331 e. The van der Waals surface area contributed by atoms with E-state index in [1.807, 2.05) is 20.2 Å². The fourth-order valence-electron chi connectivity index (χ4n) is 2.16. The van der Waals surface area contributed by atoms with Gasteiger partial charge in [0.1, 0.15) is 0 Å². The third kappa shape index (κ3) is 9.71. The lowest BCUT2D eigenvalue weighted by Crippen LogP contribution is -2.26. The number of hydrogen-bond donors (Lipinski definition) is 1. The van der Waals surface area contributed by atoms with Crippen molar-refractivity contribution in [3.8, 4) is 0 Å². The monoisotopic (exact) mass is 269 g/mol. The molecule has 0 rings (SSSR count). The number of nitrogens with zero attached hydrogens (tertiary/aromatic N) is 1. The van der Waals surface area contributed by atoms with Crippen molar-refractivity contribution in [2.75, 3.05) is 14.1 Å². The molecule has 1 unspecified atom stereocenters. The zero-order valence-corrected chi connectivity index (χ0v) is 13.1. The van der Waals surface area contributed by atoms with Crippen molar-refractivity contribution in [3.63, 3.8) is 0 Å². The topological polar surface area (TPSA) is 40.5 Å². The quantitative estimate of drug-likeness (QED) is 0.454. The maximum atomic E-state index is 10.8. The van der Waals surface area contributed by atoms with Crippen molar-refractivity contribution in [3.05, 3.63) is 11.6 Å². The predicted octanol–water partition coefficient (Wildman–Crippen LogP) is 4.09. The highest BCUT2D eigenvalue weighted by molar-refractivity contribution is 5.85. The van der Waals surface area contributed by atoms with Crippen LogP contribution in [-0.4, -0.2) is 36.1 Å². The van der Waals surface area contributed by atoms with E-state index in [2.05, 4.69) is 11.8 Å². The SMILES string of the molecule is CCCCCCCCCC(C=C(C)C(=O)O)N(C)C. The fourth-order valence-corrected chi connectivity index (χ4v) is 2.16. The summed E-state index contributed by atoms with van der Waals surface area (Å²) in [5.41, 5.74) is 0.446. The van der Waals surface area contributed by atoms with E-state index in [4.69, 9.17) is 5.11 Å². The Morgan fingerprint density at radius 1 is 1.11 bits per heavy atom. The van der Waals surface area contributed by atoms with Crippen LogP contribution in [0.25, 0.3) is 0 Å². The number of carboxylic acids is 1. The van der Waals surface area contributed by atoms with Gasteiger partial charge in [0.05, 0.1) is 0 Å². The van der Waals surface area contributed by atoms with Crippen LogP contribution in [0.3, 0.4) is 0 Å². The zero-order chi connectivity index (χ0) is 14.7. The Labute approximate surface area is 118 Å². The second-order valence-electron chi connectivity index (χ2n) is 5.60. The minimum Gasteiger partial charge on any atom is -0.478 e. The van der Waals surface area contributed by atoms with Gasteiger partial charge in [-0.2, -0.15) is 0 Å². The summed E-state index contributed by atoms with van der Waals surface area (Å²) in [7, 11) is 4.02. The molecule has 0 aliphatic rings. The summed E-state index contributed by atoms with van der Waals surface area (Å²) in [6.07, 6.45) is 12.0. The molecule has 0 aliphatic carbocycles. The van der Waals surface area contributed by atoms with E-state index < -0.39 is 5.97 Å². The van der Waals surface area contributed by atoms with Gasteiger partial charge in [0, 0.05) is 11.6 Å². The third-order valence-corrected chi connectivity index (χ3v) is 3.55. The molecule has 0 saturated heterocycles. The predicted molar refractivity (Wildman–Crippen MR) is 81.5 cm³/mol. The van der Waals surface area contributed by atoms with Gasteiger partial charge in [0.2, 0.25) is 0 Å². The largest absolute Gasteiger partial charge is 0.478 e. The van der Waals surface area contributed by atoms with Gasteiger partial charge >= 0.3 is 5.97 Å². The van der Waals surface area contributed by atoms with Crippen LogP contribution in [0.2, 0.25) is 0 Å². The van der Waals surface area contributed by atoms with Gasteiger partial charge < -0.3 is 10.0 Å². The van der Waals surface area contributed by atoms with E-state index in [1.165, 1.54) is 44.9 Å². The van der Waals surface area contributed by atoms with Crippen LogP contribution >= 0.6 is 0 Å². The summed E-state index contributed by atoms with van der Waals surface area (Å²) in [4.78, 5) is 12.9. The number of carboxylic acid groups (broad SMARTS) is 1.